The van der Waals surface area contributed by atoms with E-state index in [2.05, 4.69) is 15.3 Å². The standard InChI is InChI=1S/C11H16N4O2/c12-10-7-13-6-9(15-10)11(16)14-4-3-8-2-1-5-17-8/h6-8H,1-5H2,(H2,12,15)(H,14,16). The van der Waals surface area contributed by atoms with Gasteiger partial charge in [-0.05, 0) is 19.3 Å². The summed E-state index contributed by atoms with van der Waals surface area (Å²) >= 11 is 0. The van der Waals surface area contributed by atoms with Gasteiger partial charge in [-0.25, -0.2) is 4.98 Å². The van der Waals surface area contributed by atoms with Gasteiger partial charge in [0.25, 0.3) is 5.91 Å². The number of nitrogens with two attached hydrogens (primary N) is 1. The number of hydrogen-bond donors (Lipinski definition) is 2. The van der Waals surface area contributed by atoms with Crippen LogP contribution in [-0.4, -0.2) is 35.1 Å². The molecule has 1 atom stereocenters. The molecule has 6 nitrogen and oxygen atoms in total. The van der Waals surface area contributed by atoms with Crippen molar-refractivity contribution in [1.29, 1.82) is 0 Å². The first kappa shape index (κ1) is 11.8. The number of aromatic nitrogens is 2. The molecule has 17 heavy (non-hydrogen) atoms. The third-order valence-electron chi connectivity index (χ3n) is 2.66. The van der Waals surface area contributed by atoms with Crippen molar-refractivity contribution in [1.82, 2.24) is 15.3 Å². The van der Waals surface area contributed by atoms with Crippen LogP contribution in [0.2, 0.25) is 0 Å². The van der Waals surface area contributed by atoms with E-state index >= 15 is 0 Å². The fraction of sp³-hybridized carbons (Fsp3) is 0.545. The second-order valence-electron chi connectivity index (χ2n) is 4.01. The highest BCUT2D eigenvalue weighted by Gasteiger charge is 2.15. The number of rotatable bonds is 4. The van der Waals surface area contributed by atoms with E-state index in [1.807, 2.05) is 0 Å². The van der Waals surface area contributed by atoms with Crippen molar-refractivity contribution in [2.24, 2.45) is 0 Å². The number of amides is 1. The van der Waals surface area contributed by atoms with Gasteiger partial charge in [0.1, 0.15) is 11.5 Å². The van der Waals surface area contributed by atoms with Crippen molar-refractivity contribution in [3.63, 3.8) is 0 Å². The molecule has 6 heteroatoms. The molecule has 1 aromatic heterocycles. The lowest BCUT2D eigenvalue weighted by atomic mass is 10.2. The number of ether oxygens (including phenoxy) is 1. The van der Waals surface area contributed by atoms with Crippen LogP contribution in [0.5, 0.6) is 0 Å². The molecule has 0 spiro atoms. The molecule has 1 amide bonds. The molecular weight excluding hydrogens is 220 g/mol. The van der Waals surface area contributed by atoms with Crippen LogP contribution >= 0.6 is 0 Å². The van der Waals surface area contributed by atoms with E-state index in [0.717, 1.165) is 25.9 Å². The van der Waals surface area contributed by atoms with E-state index in [9.17, 15) is 4.79 Å². The minimum atomic E-state index is -0.247. The fourth-order valence-electron chi connectivity index (χ4n) is 1.80. The lowest BCUT2D eigenvalue weighted by Gasteiger charge is -2.09. The molecule has 0 bridgehead atoms. The Kier molecular flexibility index (Phi) is 3.87. The summed E-state index contributed by atoms with van der Waals surface area (Å²) < 4.78 is 5.46. The summed E-state index contributed by atoms with van der Waals surface area (Å²) in [7, 11) is 0. The molecule has 0 radical (unpaired) electrons. The predicted octanol–water partition coefficient (Wildman–Crippen LogP) is 0.358. The number of hydrogen-bond acceptors (Lipinski definition) is 5. The van der Waals surface area contributed by atoms with E-state index in [-0.39, 0.29) is 23.5 Å². The quantitative estimate of drug-likeness (QED) is 0.787. The van der Waals surface area contributed by atoms with Crippen LogP contribution in [0.3, 0.4) is 0 Å². The highest BCUT2D eigenvalue weighted by atomic mass is 16.5. The maximum atomic E-state index is 11.7. The first-order valence-electron chi connectivity index (χ1n) is 5.73. The third-order valence-corrected chi connectivity index (χ3v) is 2.66. The minimum absolute atomic E-state index is 0.247. The number of nitrogens with one attached hydrogen (secondary N) is 1. The van der Waals surface area contributed by atoms with Crippen LogP contribution in [-0.2, 0) is 4.74 Å². The normalized spacial score (nSPS) is 19.2. The van der Waals surface area contributed by atoms with Gasteiger partial charge in [0.05, 0.1) is 18.5 Å². The van der Waals surface area contributed by atoms with Gasteiger partial charge in [0.2, 0.25) is 0 Å². The summed E-state index contributed by atoms with van der Waals surface area (Å²) in [6, 6.07) is 0. The van der Waals surface area contributed by atoms with E-state index in [1.165, 1.54) is 12.4 Å². The SMILES string of the molecule is Nc1cncc(C(=O)NCCC2CCCO2)n1. The zero-order valence-corrected chi connectivity index (χ0v) is 9.56. The molecule has 2 heterocycles. The number of anilines is 1. The van der Waals surface area contributed by atoms with Crippen molar-refractivity contribution >= 4 is 11.7 Å². The second kappa shape index (κ2) is 5.58. The highest BCUT2D eigenvalue weighted by Crippen LogP contribution is 2.14. The molecule has 1 fully saturated rings. The molecule has 0 aliphatic carbocycles. The van der Waals surface area contributed by atoms with Crippen molar-refractivity contribution in [2.75, 3.05) is 18.9 Å². The molecule has 0 aromatic carbocycles. The van der Waals surface area contributed by atoms with Gasteiger partial charge in [-0.2, -0.15) is 0 Å². The molecule has 0 saturated carbocycles. The van der Waals surface area contributed by atoms with E-state index in [1.54, 1.807) is 0 Å². The highest BCUT2D eigenvalue weighted by molar-refractivity contribution is 5.92. The molecule has 1 aliphatic heterocycles. The van der Waals surface area contributed by atoms with Crippen LogP contribution in [0.15, 0.2) is 12.4 Å². The van der Waals surface area contributed by atoms with E-state index in [0.29, 0.717) is 6.54 Å². The maximum Gasteiger partial charge on any atom is 0.271 e. The Bertz CT molecular complexity index is 391. The van der Waals surface area contributed by atoms with Gasteiger partial charge < -0.3 is 15.8 Å². The lowest BCUT2D eigenvalue weighted by molar-refractivity contribution is 0.0903. The number of carbonyl (C=O) groups is 1. The van der Waals surface area contributed by atoms with E-state index in [4.69, 9.17) is 10.5 Å². The van der Waals surface area contributed by atoms with Crippen molar-refractivity contribution in [3.8, 4) is 0 Å². The summed E-state index contributed by atoms with van der Waals surface area (Å²) in [6.45, 7) is 1.42. The first-order chi connectivity index (χ1) is 8.25. The van der Waals surface area contributed by atoms with Crippen LogP contribution in [0.1, 0.15) is 29.8 Å². The summed E-state index contributed by atoms with van der Waals surface area (Å²) in [5.41, 5.74) is 5.70. The average molecular weight is 236 g/mol. The molecular formula is C11H16N4O2. The van der Waals surface area contributed by atoms with Crippen LogP contribution in [0.4, 0.5) is 5.82 Å². The molecule has 1 aromatic rings. The lowest BCUT2D eigenvalue weighted by Crippen LogP contribution is -2.28. The number of carbonyl (C=O) groups excluding carboxylic acids is 1. The first-order valence-corrected chi connectivity index (χ1v) is 5.73. The van der Waals surface area contributed by atoms with Crippen LogP contribution in [0.25, 0.3) is 0 Å². The third kappa shape index (κ3) is 3.39. The molecule has 1 saturated heterocycles. The van der Waals surface area contributed by atoms with E-state index < -0.39 is 0 Å². The van der Waals surface area contributed by atoms with Gasteiger partial charge in [0, 0.05) is 13.2 Å². The monoisotopic (exact) mass is 236 g/mol. The Morgan fingerprint density at radius 2 is 2.47 bits per heavy atom. The number of nitrogen functional groups attached to an aromatic ring is 1. The second-order valence-corrected chi connectivity index (χ2v) is 4.01. The maximum absolute atomic E-state index is 11.7. The molecule has 3 N–H and O–H groups in total. The van der Waals surface area contributed by atoms with Gasteiger partial charge >= 0.3 is 0 Å². The van der Waals surface area contributed by atoms with Crippen LogP contribution in [0, 0.1) is 0 Å². The smallest absolute Gasteiger partial charge is 0.271 e. The number of nitrogens with zero attached hydrogens (tertiary/aromatic N) is 2. The zero-order chi connectivity index (χ0) is 12.1. The van der Waals surface area contributed by atoms with Crippen molar-refractivity contribution < 1.29 is 9.53 Å². The minimum Gasteiger partial charge on any atom is -0.382 e. The summed E-state index contributed by atoms with van der Waals surface area (Å²) in [6.07, 6.45) is 6.11. The predicted molar refractivity (Wildman–Crippen MR) is 62.4 cm³/mol. The largest absolute Gasteiger partial charge is 0.382 e. The van der Waals surface area contributed by atoms with Crippen LogP contribution < -0.4 is 11.1 Å². The Balaban J connectivity index is 1.77. The Labute approximate surface area is 99.6 Å². The molecule has 1 unspecified atom stereocenters. The van der Waals surface area contributed by atoms with Gasteiger partial charge in [-0.15, -0.1) is 0 Å². The molecule has 92 valence electrons. The van der Waals surface area contributed by atoms with Crippen molar-refractivity contribution in [3.05, 3.63) is 18.1 Å². The Morgan fingerprint density at radius 3 is 3.18 bits per heavy atom. The van der Waals surface area contributed by atoms with Crippen molar-refractivity contribution in [2.45, 2.75) is 25.4 Å². The zero-order valence-electron chi connectivity index (χ0n) is 9.56. The average Bonchev–Trinajstić information content (AvgIpc) is 2.82. The summed E-state index contributed by atoms with van der Waals surface area (Å²) in [5.74, 6) is -0.000395. The van der Waals surface area contributed by atoms with Gasteiger partial charge in [0.15, 0.2) is 0 Å². The molecule has 1 aliphatic rings. The topological polar surface area (TPSA) is 90.1 Å². The fourth-order valence-corrected chi connectivity index (χ4v) is 1.80. The van der Waals surface area contributed by atoms with Gasteiger partial charge in [-0.3, -0.25) is 9.78 Å². The summed E-state index contributed by atoms with van der Waals surface area (Å²) in [4.78, 5) is 19.4. The Morgan fingerprint density at radius 1 is 1.59 bits per heavy atom. The Hall–Kier alpha value is -1.69. The van der Waals surface area contributed by atoms with Gasteiger partial charge in [-0.1, -0.05) is 0 Å². The summed E-state index contributed by atoms with van der Waals surface area (Å²) in [5, 5.41) is 2.78. The molecule has 2 rings (SSSR count).